The molecule has 0 saturated carbocycles. The molecule has 0 aromatic heterocycles. The van der Waals surface area contributed by atoms with E-state index in [1.165, 1.54) is 29.8 Å². The number of nitrogens with zero attached hydrogens (tertiary/aromatic N) is 1. The Balaban J connectivity index is 3.86. The topological polar surface area (TPSA) is 3.24 Å². The van der Waals surface area contributed by atoms with Crippen molar-refractivity contribution in [2.45, 2.75) is 45.7 Å². The Morgan fingerprint density at radius 3 is 1.91 bits per heavy atom. The third kappa shape index (κ3) is 3.39. The highest BCUT2D eigenvalue weighted by atomic mass is 28.1. The first kappa shape index (κ1) is 11.2. The minimum Gasteiger partial charge on any atom is -0.301 e. The Kier molecular flexibility index (Phi) is 5.87. The standard InChI is InChI=1S/C9H23NSi/c1-5-9(11)8(4)10(6-2)7-3/h8-9H,5-7H2,1-4,11H3. The van der Waals surface area contributed by atoms with E-state index in [1.807, 2.05) is 0 Å². The second kappa shape index (κ2) is 5.78. The summed E-state index contributed by atoms with van der Waals surface area (Å²) in [6.45, 7) is 11.6. The summed E-state index contributed by atoms with van der Waals surface area (Å²) in [5.41, 5.74) is 0.967. The van der Waals surface area contributed by atoms with Crippen LogP contribution < -0.4 is 0 Å². The van der Waals surface area contributed by atoms with Crippen LogP contribution in [0, 0.1) is 0 Å². The lowest BCUT2D eigenvalue weighted by Crippen LogP contribution is -2.35. The SMILES string of the molecule is CCC([SiH3])C(C)N(CC)CC. The minimum atomic E-state index is 0.807. The van der Waals surface area contributed by atoms with Gasteiger partial charge in [-0.05, 0) is 25.6 Å². The van der Waals surface area contributed by atoms with E-state index in [2.05, 4.69) is 32.6 Å². The molecule has 0 aliphatic heterocycles. The van der Waals surface area contributed by atoms with Crippen LogP contribution in [0.5, 0.6) is 0 Å². The molecular weight excluding hydrogens is 150 g/mol. The van der Waals surface area contributed by atoms with E-state index in [4.69, 9.17) is 0 Å². The van der Waals surface area contributed by atoms with Crippen molar-refractivity contribution >= 4 is 10.2 Å². The van der Waals surface area contributed by atoms with Gasteiger partial charge in [0.1, 0.15) is 0 Å². The maximum Gasteiger partial charge on any atom is 0.00869 e. The summed E-state index contributed by atoms with van der Waals surface area (Å²) in [7, 11) is 1.34. The molecule has 0 aliphatic rings. The molecule has 68 valence electrons. The molecule has 11 heavy (non-hydrogen) atoms. The molecule has 0 bridgehead atoms. The van der Waals surface area contributed by atoms with Crippen LogP contribution in [0.1, 0.15) is 34.1 Å². The van der Waals surface area contributed by atoms with Gasteiger partial charge in [-0.15, -0.1) is 0 Å². The van der Waals surface area contributed by atoms with E-state index >= 15 is 0 Å². The van der Waals surface area contributed by atoms with Gasteiger partial charge in [0, 0.05) is 16.3 Å². The predicted molar refractivity (Wildman–Crippen MR) is 56.4 cm³/mol. The fraction of sp³-hybridized carbons (Fsp3) is 1.00. The third-order valence-electron chi connectivity index (χ3n) is 2.86. The highest BCUT2D eigenvalue weighted by molar-refractivity contribution is 6.12. The number of hydrogen-bond donors (Lipinski definition) is 0. The Bertz CT molecular complexity index is 91.6. The summed E-state index contributed by atoms with van der Waals surface area (Å²) in [4.78, 5) is 2.56. The van der Waals surface area contributed by atoms with E-state index in [-0.39, 0.29) is 0 Å². The quantitative estimate of drug-likeness (QED) is 0.566. The van der Waals surface area contributed by atoms with Crippen molar-refractivity contribution in [3.8, 4) is 0 Å². The van der Waals surface area contributed by atoms with Crippen LogP contribution in [0.2, 0.25) is 5.54 Å². The molecule has 0 saturated heterocycles. The average molecular weight is 173 g/mol. The molecule has 2 unspecified atom stereocenters. The molecule has 1 nitrogen and oxygen atoms in total. The highest BCUT2D eigenvalue weighted by Gasteiger charge is 2.15. The first-order valence-corrected chi connectivity index (χ1v) is 6.06. The Morgan fingerprint density at radius 2 is 1.64 bits per heavy atom. The normalized spacial score (nSPS) is 17.2. The zero-order valence-electron chi connectivity index (χ0n) is 8.72. The van der Waals surface area contributed by atoms with Gasteiger partial charge in [0.25, 0.3) is 0 Å². The van der Waals surface area contributed by atoms with Gasteiger partial charge in [-0.25, -0.2) is 0 Å². The monoisotopic (exact) mass is 173 g/mol. The first-order valence-electron chi connectivity index (χ1n) is 4.91. The van der Waals surface area contributed by atoms with Gasteiger partial charge < -0.3 is 4.90 Å². The van der Waals surface area contributed by atoms with E-state index in [0.717, 1.165) is 11.6 Å². The van der Waals surface area contributed by atoms with Crippen LogP contribution >= 0.6 is 0 Å². The second-order valence-corrected chi connectivity index (χ2v) is 4.83. The fourth-order valence-corrected chi connectivity index (χ4v) is 1.92. The summed E-state index contributed by atoms with van der Waals surface area (Å²) < 4.78 is 0. The van der Waals surface area contributed by atoms with Gasteiger partial charge in [-0.3, -0.25) is 0 Å². The molecule has 0 amide bonds. The van der Waals surface area contributed by atoms with Gasteiger partial charge >= 0.3 is 0 Å². The second-order valence-electron chi connectivity index (χ2n) is 3.35. The number of hydrogen-bond acceptors (Lipinski definition) is 1. The van der Waals surface area contributed by atoms with Gasteiger partial charge in [0.05, 0.1) is 0 Å². The zero-order valence-corrected chi connectivity index (χ0v) is 10.7. The van der Waals surface area contributed by atoms with Crippen molar-refractivity contribution in [3.63, 3.8) is 0 Å². The number of rotatable bonds is 5. The van der Waals surface area contributed by atoms with E-state index in [0.29, 0.717) is 0 Å². The summed E-state index contributed by atoms with van der Waals surface area (Å²) in [6, 6.07) is 0.807. The van der Waals surface area contributed by atoms with Crippen LogP contribution in [0.3, 0.4) is 0 Å². The predicted octanol–water partition coefficient (Wildman–Crippen LogP) is 1.28. The molecule has 0 aromatic rings. The summed E-state index contributed by atoms with van der Waals surface area (Å²) in [5, 5.41) is 0. The average Bonchev–Trinajstić information content (AvgIpc) is 2.05. The molecule has 2 heteroatoms. The van der Waals surface area contributed by atoms with Crippen molar-refractivity contribution in [2.24, 2.45) is 0 Å². The summed E-state index contributed by atoms with van der Waals surface area (Å²) >= 11 is 0. The van der Waals surface area contributed by atoms with Crippen molar-refractivity contribution in [2.75, 3.05) is 13.1 Å². The lowest BCUT2D eigenvalue weighted by atomic mass is 10.1. The fourth-order valence-electron chi connectivity index (χ4n) is 1.50. The lowest BCUT2D eigenvalue weighted by molar-refractivity contribution is 0.220. The van der Waals surface area contributed by atoms with Crippen LogP contribution in [0.25, 0.3) is 0 Å². The first-order chi connectivity index (χ1) is 5.17. The van der Waals surface area contributed by atoms with Crippen LogP contribution in [0.4, 0.5) is 0 Å². The Labute approximate surface area is 74.6 Å². The van der Waals surface area contributed by atoms with Crippen LogP contribution in [-0.4, -0.2) is 34.3 Å². The van der Waals surface area contributed by atoms with Gasteiger partial charge in [-0.2, -0.15) is 0 Å². The van der Waals surface area contributed by atoms with Crippen molar-refractivity contribution in [1.82, 2.24) is 4.90 Å². The zero-order chi connectivity index (χ0) is 8.85. The van der Waals surface area contributed by atoms with Crippen LogP contribution in [0.15, 0.2) is 0 Å². The van der Waals surface area contributed by atoms with Crippen molar-refractivity contribution in [1.29, 1.82) is 0 Å². The van der Waals surface area contributed by atoms with Gasteiger partial charge in [-0.1, -0.05) is 27.2 Å². The molecule has 2 atom stereocenters. The van der Waals surface area contributed by atoms with Crippen LogP contribution in [-0.2, 0) is 0 Å². The summed E-state index contributed by atoms with van der Waals surface area (Å²) in [5.74, 6) is 0. The molecule has 0 fully saturated rings. The molecule has 0 rings (SSSR count). The van der Waals surface area contributed by atoms with Gasteiger partial charge in [0.2, 0.25) is 0 Å². The van der Waals surface area contributed by atoms with Crippen molar-refractivity contribution in [3.05, 3.63) is 0 Å². The van der Waals surface area contributed by atoms with Gasteiger partial charge in [0.15, 0.2) is 0 Å². The minimum absolute atomic E-state index is 0.807. The molecular formula is C9H23NSi. The molecule has 0 spiro atoms. The highest BCUT2D eigenvalue weighted by Crippen LogP contribution is 2.16. The Hall–Kier alpha value is 0.177. The van der Waals surface area contributed by atoms with Crippen molar-refractivity contribution < 1.29 is 0 Å². The Morgan fingerprint density at radius 1 is 1.18 bits per heavy atom. The van der Waals surface area contributed by atoms with E-state index in [1.54, 1.807) is 0 Å². The maximum absolute atomic E-state index is 2.56. The molecule has 0 aromatic carbocycles. The smallest absolute Gasteiger partial charge is 0.00869 e. The molecule has 0 N–H and O–H groups in total. The molecule has 0 radical (unpaired) electrons. The van der Waals surface area contributed by atoms with E-state index in [9.17, 15) is 0 Å². The summed E-state index contributed by atoms with van der Waals surface area (Å²) in [6.07, 6.45) is 1.35. The lowest BCUT2D eigenvalue weighted by Gasteiger charge is -2.30. The molecule has 0 heterocycles. The maximum atomic E-state index is 2.56. The van der Waals surface area contributed by atoms with E-state index < -0.39 is 0 Å². The third-order valence-corrected chi connectivity index (χ3v) is 4.64. The largest absolute Gasteiger partial charge is 0.301 e. The molecule has 0 aliphatic carbocycles.